The Kier molecular flexibility index (Phi) is 11.2. The first-order chi connectivity index (χ1) is 24.4. The van der Waals surface area contributed by atoms with E-state index in [1.54, 1.807) is 0 Å². The van der Waals surface area contributed by atoms with Crippen molar-refractivity contribution in [3.63, 3.8) is 0 Å². The van der Waals surface area contributed by atoms with Crippen LogP contribution in [0.2, 0.25) is 0 Å². The van der Waals surface area contributed by atoms with Gasteiger partial charge in [0.1, 0.15) is 12.4 Å². The molecule has 0 aromatic heterocycles. The normalized spacial score (nSPS) is 15.4. The van der Waals surface area contributed by atoms with Crippen molar-refractivity contribution in [3.05, 3.63) is 166 Å². The molecular weight excluding hydrogens is 622 g/mol. The van der Waals surface area contributed by atoms with Gasteiger partial charge in [-0.25, -0.2) is 4.79 Å². The van der Waals surface area contributed by atoms with Gasteiger partial charge in [0, 0.05) is 24.1 Å². The molecule has 2 N–H and O–H groups in total. The quantitative estimate of drug-likeness (QED) is 0.124. The van der Waals surface area contributed by atoms with E-state index >= 15 is 0 Å². The number of rotatable bonds is 13. The van der Waals surface area contributed by atoms with Crippen LogP contribution in [0.3, 0.4) is 0 Å². The van der Waals surface area contributed by atoms with Crippen LogP contribution in [0.5, 0.6) is 5.75 Å². The molecule has 0 aliphatic carbocycles. The maximum absolute atomic E-state index is 13.8. The lowest BCUT2D eigenvalue weighted by atomic mass is 9.95. The van der Waals surface area contributed by atoms with Crippen LogP contribution in [0.1, 0.15) is 51.8 Å². The van der Waals surface area contributed by atoms with Gasteiger partial charge in [-0.05, 0) is 79.3 Å². The number of nitrogens with one attached hydrogen (secondary N) is 1. The number of carboxylic acid groups (broad SMARTS) is 1. The number of benzene rings is 5. The van der Waals surface area contributed by atoms with E-state index in [0.717, 1.165) is 53.0 Å². The number of para-hydroxylation sites is 1. The van der Waals surface area contributed by atoms with Crippen LogP contribution < -0.4 is 10.1 Å². The minimum Gasteiger partial charge on any atom is -0.489 e. The van der Waals surface area contributed by atoms with Gasteiger partial charge < -0.3 is 15.2 Å². The maximum Gasteiger partial charge on any atom is 0.328 e. The summed E-state index contributed by atoms with van der Waals surface area (Å²) in [5, 5.41) is 13.7. The molecule has 1 aliphatic heterocycles. The predicted molar refractivity (Wildman–Crippen MR) is 199 cm³/mol. The van der Waals surface area contributed by atoms with Crippen molar-refractivity contribution in [3.8, 4) is 5.75 Å². The minimum atomic E-state index is -1.07. The Morgan fingerprint density at radius 1 is 0.840 bits per heavy atom. The Morgan fingerprint density at radius 2 is 1.44 bits per heavy atom. The summed E-state index contributed by atoms with van der Waals surface area (Å²) >= 11 is 0. The van der Waals surface area contributed by atoms with Gasteiger partial charge in [0.2, 0.25) is 5.91 Å². The van der Waals surface area contributed by atoms with E-state index in [-0.39, 0.29) is 18.4 Å². The molecule has 2 atom stereocenters. The number of hydrogen-bond acceptors (Lipinski definition) is 5. The average Bonchev–Trinajstić information content (AvgIpc) is 3.60. The Balaban J connectivity index is 1.27. The van der Waals surface area contributed by atoms with Crippen LogP contribution in [-0.2, 0) is 29.2 Å². The molecule has 1 heterocycles. The number of amides is 1. The van der Waals surface area contributed by atoms with Crippen molar-refractivity contribution >= 4 is 23.3 Å². The summed E-state index contributed by atoms with van der Waals surface area (Å²) in [6, 6.07) is 39.9. The second kappa shape index (κ2) is 16.2. The number of hydrogen-bond donors (Lipinski definition) is 2. The predicted octanol–water partition coefficient (Wildman–Crippen LogP) is 8.02. The Labute approximate surface area is 294 Å². The van der Waals surface area contributed by atoms with Crippen molar-refractivity contribution in [2.75, 3.05) is 11.9 Å². The van der Waals surface area contributed by atoms with Gasteiger partial charge in [0.25, 0.3) is 0 Å². The molecule has 0 radical (unpaired) electrons. The molecule has 254 valence electrons. The van der Waals surface area contributed by atoms with E-state index in [0.29, 0.717) is 30.1 Å². The Bertz CT molecular complexity index is 1920. The lowest BCUT2D eigenvalue weighted by Crippen LogP contribution is -2.39. The standard InChI is InChI=1S/C43H43N3O4/c1-30-25-35(50-29-33-17-8-4-9-18-33)26-31(2)37(30)27-39(43(48)49)44-41(34-19-10-5-11-20-34)36-21-12-13-22-38(36)45-42(47)40-23-14-24-46(40)28-32-15-6-3-7-16-32/h3-13,15-22,25-26,39-40H,14,23-24,27-29H2,1-2H3,(H,45,47)(H,48,49)/t39-,40-/m0/s1. The number of likely N-dealkylation sites (tertiary alicyclic amines) is 1. The molecule has 0 bridgehead atoms. The summed E-state index contributed by atoms with van der Waals surface area (Å²) in [6.45, 7) is 5.96. The van der Waals surface area contributed by atoms with Gasteiger partial charge in [-0.1, -0.05) is 109 Å². The van der Waals surface area contributed by atoms with Gasteiger partial charge >= 0.3 is 5.97 Å². The third-order valence-corrected chi connectivity index (χ3v) is 9.27. The number of aliphatic carboxylic acids is 1. The molecule has 5 aromatic rings. The highest BCUT2D eigenvalue weighted by Gasteiger charge is 2.31. The molecule has 1 aliphatic rings. The van der Waals surface area contributed by atoms with Crippen LogP contribution in [0.4, 0.5) is 5.69 Å². The number of ether oxygens (including phenoxy) is 1. The SMILES string of the molecule is Cc1cc(OCc2ccccc2)cc(C)c1C[C@H](N=C(c1ccccc1)c1ccccc1NC(=O)[C@@H]1CCCN1Cc1ccccc1)C(=O)O. The van der Waals surface area contributed by atoms with Crippen molar-refractivity contribution in [1.82, 2.24) is 4.90 Å². The summed E-state index contributed by atoms with van der Waals surface area (Å²) in [5.41, 5.74) is 7.61. The molecule has 1 fully saturated rings. The van der Waals surface area contributed by atoms with Crippen molar-refractivity contribution in [2.24, 2.45) is 4.99 Å². The molecule has 0 saturated carbocycles. The van der Waals surface area contributed by atoms with Crippen LogP contribution in [0.25, 0.3) is 0 Å². The van der Waals surface area contributed by atoms with E-state index in [1.807, 2.05) is 129 Å². The van der Waals surface area contributed by atoms with E-state index in [2.05, 4.69) is 22.3 Å². The second-order valence-electron chi connectivity index (χ2n) is 12.9. The minimum absolute atomic E-state index is 0.0751. The molecular formula is C43H43N3O4. The zero-order chi connectivity index (χ0) is 34.9. The van der Waals surface area contributed by atoms with E-state index in [4.69, 9.17) is 9.73 Å². The lowest BCUT2D eigenvalue weighted by molar-refractivity contribution is -0.138. The fourth-order valence-electron chi connectivity index (χ4n) is 6.68. The molecule has 6 rings (SSSR count). The van der Waals surface area contributed by atoms with Crippen molar-refractivity contribution in [2.45, 2.75) is 58.3 Å². The largest absolute Gasteiger partial charge is 0.489 e. The highest BCUT2D eigenvalue weighted by Crippen LogP contribution is 2.28. The highest BCUT2D eigenvalue weighted by atomic mass is 16.5. The summed E-state index contributed by atoms with van der Waals surface area (Å²) in [4.78, 5) is 33.9. The van der Waals surface area contributed by atoms with Gasteiger partial charge in [0.15, 0.2) is 6.04 Å². The molecule has 7 heteroatoms. The van der Waals surface area contributed by atoms with Crippen LogP contribution >= 0.6 is 0 Å². The average molecular weight is 666 g/mol. The van der Waals surface area contributed by atoms with E-state index in [1.165, 1.54) is 5.56 Å². The number of carbonyl (C=O) groups is 2. The number of carbonyl (C=O) groups excluding carboxylic acids is 1. The summed E-state index contributed by atoms with van der Waals surface area (Å²) in [7, 11) is 0. The molecule has 1 saturated heterocycles. The van der Waals surface area contributed by atoms with Crippen molar-refractivity contribution < 1.29 is 19.4 Å². The molecule has 1 amide bonds. The molecule has 0 unspecified atom stereocenters. The number of carboxylic acids is 1. The van der Waals surface area contributed by atoms with E-state index in [9.17, 15) is 14.7 Å². The number of anilines is 1. The topological polar surface area (TPSA) is 91.2 Å². The zero-order valence-corrected chi connectivity index (χ0v) is 28.6. The van der Waals surface area contributed by atoms with Crippen LogP contribution in [0, 0.1) is 13.8 Å². The first-order valence-corrected chi connectivity index (χ1v) is 17.2. The zero-order valence-electron chi connectivity index (χ0n) is 28.6. The summed E-state index contributed by atoms with van der Waals surface area (Å²) in [6.07, 6.45) is 1.92. The van der Waals surface area contributed by atoms with Gasteiger partial charge in [-0.15, -0.1) is 0 Å². The highest BCUT2D eigenvalue weighted by molar-refractivity contribution is 6.17. The number of aliphatic imine (C=N–C) groups is 1. The van der Waals surface area contributed by atoms with Crippen LogP contribution in [0.15, 0.2) is 132 Å². The molecule has 7 nitrogen and oxygen atoms in total. The number of aryl methyl sites for hydroxylation is 2. The Morgan fingerprint density at radius 3 is 2.10 bits per heavy atom. The first-order valence-electron chi connectivity index (χ1n) is 17.2. The third kappa shape index (κ3) is 8.54. The maximum atomic E-state index is 13.8. The van der Waals surface area contributed by atoms with Gasteiger partial charge in [-0.2, -0.15) is 0 Å². The fourth-order valence-corrected chi connectivity index (χ4v) is 6.68. The third-order valence-electron chi connectivity index (χ3n) is 9.27. The fraction of sp³-hybridized carbons (Fsp3) is 0.233. The monoisotopic (exact) mass is 665 g/mol. The summed E-state index contributed by atoms with van der Waals surface area (Å²) < 4.78 is 6.08. The smallest absolute Gasteiger partial charge is 0.328 e. The molecule has 50 heavy (non-hydrogen) atoms. The molecule has 5 aromatic carbocycles. The van der Waals surface area contributed by atoms with Gasteiger partial charge in [0.05, 0.1) is 17.4 Å². The second-order valence-corrected chi connectivity index (χ2v) is 12.9. The molecule has 0 spiro atoms. The van der Waals surface area contributed by atoms with Crippen molar-refractivity contribution in [1.29, 1.82) is 0 Å². The van der Waals surface area contributed by atoms with E-state index < -0.39 is 12.0 Å². The number of nitrogens with zero attached hydrogens (tertiary/aromatic N) is 2. The van der Waals surface area contributed by atoms with Crippen LogP contribution in [-0.4, -0.2) is 46.2 Å². The van der Waals surface area contributed by atoms with Gasteiger partial charge in [-0.3, -0.25) is 14.7 Å². The first kappa shape index (κ1) is 34.3. The lowest BCUT2D eigenvalue weighted by Gasteiger charge is -2.24. The Hall–Kier alpha value is -5.53. The summed E-state index contributed by atoms with van der Waals surface area (Å²) in [5.74, 6) is -0.359.